The van der Waals surface area contributed by atoms with Gasteiger partial charge in [-0.1, -0.05) is 57.5 Å². The van der Waals surface area contributed by atoms with Gasteiger partial charge in [0.15, 0.2) is 0 Å². The van der Waals surface area contributed by atoms with Gasteiger partial charge >= 0.3 is 0 Å². The normalized spacial score (nSPS) is 16.8. The van der Waals surface area contributed by atoms with Crippen molar-refractivity contribution in [3.63, 3.8) is 0 Å². The lowest BCUT2D eigenvalue weighted by molar-refractivity contribution is 0.318. The summed E-state index contributed by atoms with van der Waals surface area (Å²) in [6, 6.07) is 10.7. The first kappa shape index (κ1) is 13.2. The predicted octanol–water partition coefficient (Wildman–Crippen LogP) is 3.73. The van der Waals surface area contributed by atoms with Gasteiger partial charge in [-0.2, -0.15) is 0 Å². The minimum absolute atomic E-state index is 0.177. The first-order valence-corrected chi connectivity index (χ1v) is 6.44. The molecule has 0 radical (unpaired) electrons. The number of hydrogen-bond acceptors (Lipinski definition) is 1. The molecule has 0 saturated heterocycles. The van der Waals surface area contributed by atoms with Crippen molar-refractivity contribution in [1.29, 1.82) is 0 Å². The lowest BCUT2D eigenvalue weighted by Crippen LogP contribution is -2.36. The van der Waals surface area contributed by atoms with E-state index in [2.05, 4.69) is 51.1 Å². The average molecular weight is 219 g/mol. The van der Waals surface area contributed by atoms with E-state index in [0.29, 0.717) is 0 Å². The van der Waals surface area contributed by atoms with E-state index in [9.17, 15) is 0 Å². The molecule has 1 aromatic carbocycles. The minimum atomic E-state index is 0.177. The Morgan fingerprint density at radius 3 is 2.25 bits per heavy atom. The summed E-state index contributed by atoms with van der Waals surface area (Å²) >= 11 is 0. The highest BCUT2D eigenvalue weighted by Crippen LogP contribution is 2.34. The van der Waals surface area contributed by atoms with Crippen LogP contribution in [0.5, 0.6) is 0 Å². The molecule has 1 heteroatoms. The van der Waals surface area contributed by atoms with Gasteiger partial charge in [-0.15, -0.1) is 0 Å². The van der Waals surface area contributed by atoms with Crippen LogP contribution in [0.2, 0.25) is 0 Å². The van der Waals surface area contributed by atoms with Crippen LogP contribution in [0.25, 0.3) is 0 Å². The van der Waals surface area contributed by atoms with E-state index in [4.69, 9.17) is 5.73 Å². The maximum absolute atomic E-state index is 6.05. The van der Waals surface area contributed by atoms with Crippen LogP contribution in [-0.2, 0) is 5.41 Å². The molecule has 0 bridgehead atoms. The molecule has 2 atom stereocenters. The molecule has 0 aliphatic heterocycles. The summed E-state index contributed by atoms with van der Waals surface area (Å²) in [5.74, 6) is 0.740. The summed E-state index contributed by atoms with van der Waals surface area (Å²) in [6.07, 6.45) is 3.55. The third-order valence-electron chi connectivity index (χ3n) is 3.89. The molecule has 16 heavy (non-hydrogen) atoms. The van der Waals surface area contributed by atoms with Crippen LogP contribution in [0.4, 0.5) is 0 Å². The van der Waals surface area contributed by atoms with Gasteiger partial charge in [0.2, 0.25) is 0 Å². The Balaban J connectivity index is 2.96. The van der Waals surface area contributed by atoms with Crippen molar-refractivity contribution in [2.24, 2.45) is 11.7 Å². The lowest BCUT2D eigenvalue weighted by atomic mass is 9.72. The van der Waals surface area contributed by atoms with Crippen LogP contribution in [0.1, 0.15) is 45.6 Å². The van der Waals surface area contributed by atoms with Crippen molar-refractivity contribution in [2.75, 3.05) is 6.54 Å². The van der Waals surface area contributed by atoms with Crippen molar-refractivity contribution in [3.05, 3.63) is 35.9 Å². The van der Waals surface area contributed by atoms with Gasteiger partial charge in [0, 0.05) is 12.0 Å². The number of hydrogen-bond donors (Lipinski definition) is 1. The number of rotatable bonds is 6. The summed E-state index contributed by atoms with van der Waals surface area (Å²) in [4.78, 5) is 0. The van der Waals surface area contributed by atoms with Gasteiger partial charge in [0.25, 0.3) is 0 Å². The van der Waals surface area contributed by atoms with Crippen LogP contribution >= 0.6 is 0 Å². The monoisotopic (exact) mass is 219 g/mol. The zero-order valence-corrected chi connectivity index (χ0v) is 10.9. The second kappa shape index (κ2) is 6.05. The molecule has 0 aliphatic carbocycles. The second-order valence-electron chi connectivity index (χ2n) is 4.92. The van der Waals surface area contributed by atoms with Crippen molar-refractivity contribution in [1.82, 2.24) is 0 Å². The summed E-state index contributed by atoms with van der Waals surface area (Å²) < 4.78 is 0. The Morgan fingerprint density at radius 1 is 1.19 bits per heavy atom. The highest BCUT2D eigenvalue weighted by Gasteiger charge is 2.29. The molecule has 90 valence electrons. The van der Waals surface area contributed by atoms with E-state index in [-0.39, 0.29) is 5.41 Å². The molecule has 0 amide bonds. The van der Waals surface area contributed by atoms with Crippen LogP contribution in [0.3, 0.4) is 0 Å². The first-order valence-electron chi connectivity index (χ1n) is 6.44. The molecule has 1 nitrogen and oxygen atoms in total. The van der Waals surface area contributed by atoms with E-state index in [1.807, 2.05) is 0 Å². The summed E-state index contributed by atoms with van der Waals surface area (Å²) in [7, 11) is 0. The smallest absolute Gasteiger partial charge is 0.00754 e. The Morgan fingerprint density at radius 2 is 1.81 bits per heavy atom. The molecular weight excluding hydrogens is 194 g/mol. The fourth-order valence-electron chi connectivity index (χ4n) is 2.41. The maximum Gasteiger partial charge on any atom is 0.00754 e. The largest absolute Gasteiger partial charge is 0.330 e. The van der Waals surface area contributed by atoms with Gasteiger partial charge < -0.3 is 5.73 Å². The Labute approximate surface area is 100 Å². The highest BCUT2D eigenvalue weighted by atomic mass is 14.6. The second-order valence-corrected chi connectivity index (χ2v) is 4.92. The Kier molecular flexibility index (Phi) is 5.01. The van der Waals surface area contributed by atoms with E-state index >= 15 is 0 Å². The summed E-state index contributed by atoms with van der Waals surface area (Å²) in [5, 5.41) is 0. The molecule has 0 aromatic heterocycles. The first-order chi connectivity index (χ1) is 7.68. The molecule has 0 spiro atoms. The zero-order valence-electron chi connectivity index (χ0n) is 10.9. The van der Waals surface area contributed by atoms with E-state index < -0.39 is 0 Å². The third kappa shape index (κ3) is 2.85. The van der Waals surface area contributed by atoms with Crippen LogP contribution in [0.15, 0.2) is 30.3 Å². The number of benzene rings is 1. The fraction of sp³-hybridized carbons (Fsp3) is 0.600. The van der Waals surface area contributed by atoms with Gasteiger partial charge in [-0.05, 0) is 24.3 Å². The van der Waals surface area contributed by atoms with Crippen LogP contribution in [-0.4, -0.2) is 6.54 Å². The molecular formula is C15H25N. The molecule has 2 N–H and O–H groups in total. The van der Waals surface area contributed by atoms with Crippen molar-refractivity contribution in [3.8, 4) is 0 Å². The van der Waals surface area contributed by atoms with E-state index in [1.54, 1.807) is 0 Å². The minimum Gasteiger partial charge on any atom is -0.330 e. The Bertz CT molecular complexity index is 288. The molecule has 1 aromatic rings. The topological polar surface area (TPSA) is 26.0 Å². The van der Waals surface area contributed by atoms with Gasteiger partial charge in [-0.25, -0.2) is 0 Å². The van der Waals surface area contributed by atoms with Crippen LogP contribution in [0, 0.1) is 5.92 Å². The maximum atomic E-state index is 6.05. The van der Waals surface area contributed by atoms with Crippen molar-refractivity contribution in [2.45, 2.75) is 45.4 Å². The average Bonchev–Trinajstić information content (AvgIpc) is 2.37. The van der Waals surface area contributed by atoms with Gasteiger partial charge in [0.1, 0.15) is 0 Å². The molecule has 0 fully saturated rings. The lowest BCUT2D eigenvalue weighted by Gasteiger charge is -2.34. The molecule has 0 saturated carbocycles. The Hall–Kier alpha value is -0.820. The number of nitrogens with two attached hydrogens (primary N) is 1. The summed E-state index contributed by atoms with van der Waals surface area (Å²) in [6.45, 7) is 7.58. The molecule has 2 unspecified atom stereocenters. The fourth-order valence-corrected chi connectivity index (χ4v) is 2.41. The van der Waals surface area contributed by atoms with E-state index in [0.717, 1.165) is 18.9 Å². The molecule has 1 rings (SSSR count). The van der Waals surface area contributed by atoms with Crippen LogP contribution < -0.4 is 5.73 Å². The summed E-state index contributed by atoms with van der Waals surface area (Å²) in [5.41, 5.74) is 7.63. The quantitative estimate of drug-likeness (QED) is 0.775. The molecule has 0 aliphatic rings. The van der Waals surface area contributed by atoms with Crippen molar-refractivity contribution >= 4 is 0 Å². The van der Waals surface area contributed by atoms with E-state index in [1.165, 1.54) is 18.4 Å². The van der Waals surface area contributed by atoms with Gasteiger partial charge in [0.05, 0.1) is 0 Å². The standard InChI is InChI=1S/C15H25N/c1-4-13(3)11-15(5-2,12-16)14-9-7-6-8-10-14/h6-10,13H,4-5,11-12,16H2,1-3H3. The van der Waals surface area contributed by atoms with Gasteiger partial charge in [-0.3, -0.25) is 0 Å². The molecule has 0 heterocycles. The predicted molar refractivity (Wildman–Crippen MR) is 71.5 cm³/mol. The van der Waals surface area contributed by atoms with Crippen molar-refractivity contribution < 1.29 is 0 Å². The highest BCUT2D eigenvalue weighted by molar-refractivity contribution is 5.25. The SMILES string of the molecule is CCC(C)CC(CC)(CN)c1ccccc1. The zero-order chi connectivity index (χ0) is 12.0. The third-order valence-corrected chi connectivity index (χ3v) is 3.89.